The van der Waals surface area contributed by atoms with Gasteiger partial charge in [0.1, 0.15) is 0 Å². The fourth-order valence-electron chi connectivity index (χ4n) is 2.34. The van der Waals surface area contributed by atoms with Gasteiger partial charge in [-0.05, 0) is 6.42 Å². The second kappa shape index (κ2) is 16.6. The molecule has 0 rings (SSSR count). The van der Waals surface area contributed by atoms with Crippen molar-refractivity contribution in [1.29, 1.82) is 0 Å². The number of nitrogens with zero attached hydrogens (tertiary/aromatic N) is 1. The first kappa shape index (κ1) is 26.4. The normalized spacial score (nSPS) is 11.1. The Balaban J connectivity index is 0. The largest absolute Gasteiger partial charge is 1.00 e. The van der Waals surface area contributed by atoms with Crippen molar-refractivity contribution >= 4 is 16.5 Å². The van der Waals surface area contributed by atoms with Crippen LogP contribution in [0.15, 0.2) is 0 Å². The Labute approximate surface area is 168 Å². The summed E-state index contributed by atoms with van der Waals surface area (Å²) in [6, 6.07) is 0. The van der Waals surface area contributed by atoms with Gasteiger partial charge in [0, 0.05) is 13.1 Å². The van der Waals surface area contributed by atoms with E-state index in [4.69, 9.17) is 5.11 Å². The maximum Gasteiger partial charge on any atom is 1.00 e. The fraction of sp³-hybridized carbons (Fsp3) is 0.933. The van der Waals surface area contributed by atoms with E-state index in [1.54, 1.807) is 0 Å². The molecule has 9 heteroatoms. The standard InChI is InChI=1S/C15H31NO6S.Na/c1-2-3-4-5-6-7-8-9-10-11-12-16(15(17)18)13-14-22-23(19,20)21;/h2-14H2,1H3,(H,17,18)(H,19,20,21);/q;+1/p-1. The van der Waals surface area contributed by atoms with Crippen LogP contribution >= 0.6 is 0 Å². The van der Waals surface area contributed by atoms with Crippen molar-refractivity contribution in [2.24, 2.45) is 0 Å². The molecular formula is C15H30NNaO6S. The maximum absolute atomic E-state index is 11.0. The molecule has 24 heavy (non-hydrogen) atoms. The van der Waals surface area contributed by atoms with E-state index in [1.165, 1.54) is 38.5 Å². The van der Waals surface area contributed by atoms with Crippen LogP contribution in [0.4, 0.5) is 4.79 Å². The summed E-state index contributed by atoms with van der Waals surface area (Å²) < 4.78 is 34.9. The third-order valence-corrected chi connectivity index (χ3v) is 4.10. The van der Waals surface area contributed by atoms with Gasteiger partial charge in [-0.2, -0.15) is 0 Å². The Kier molecular flexibility index (Phi) is 18.2. The molecule has 0 bridgehead atoms. The first-order valence-corrected chi connectivity index (χ1v) is 9.78. The van der Waals surface area contributed by atoms with Gasteiger partial charge in [-0.3, -0.25) is 4.18 Å². The number of hydrogen-bond acceptors (Lipinski definition) is 5. The van der Waals surface area contributed by atoms with E-state index in [2.05, 4.69) is 11.1 Å². The minimum Gasteiger partial charge on any atom is -0.726 e. The average Bonchev–Trinajstić information content (AvgIpc) is 2.45. The molecule has 0 aromatic heterocycles. The van der Waals surface area contributed by atoms with Crippen molar-refractivity contribution in [3.05, 3.63) is 0 Å². The molecule has 138 valence electrons. The fourth-order valence-corrected chi connectivity index (χ4v) is 2.62. The Morgan fingerprint density at radius 3 is 1.83 bits per heavy atom. The van der Waals surface area contributed by atoms with Gasteiger partial charge in [-0.1, -0.05) is 64.7 Å². The monoisotopic (exact) mass is 375 g/mol. The van der Waals surface area contributed by atoms with Gasteiger partial charge in [0.15, 0.2) is 0 Å². The van der Waals surface area contributed by atoms with E-state index in [1.807, 2.05) is 0 Å². The number of rotatable bonds is 15. The number of amides is 1. The molecule has 0 aliphatic rings. The summed E-state index contributed by atoms with van der Waals surface area (Å²) in [6.45, 7) is 1.98. The van der Waals surface area contributed by atoms with Crippen LogP contribution in [-0.2, 0) is 14.6 Å². The second-order valence-corrected chi connectivity index (χ2v) is 6.73. The predicted octanol–water partition coefficient (Wildman–Crippen LogP) is 0.368. The van der Waals surface area contributed by atoms with Gasteiger partial charge in [0.2, 0.25) is 10.4 Å². The van der Waals surface area contributed by atoms with E-state index in [0.717, 1.165) is 30.6 Å². The zero-order valence-corrected chi connectivity index (χ0v) is 17.9. The molecule has 0 spiro atoms. The van der Waals surface area contributed by atoms with Crippen LogP contribution in [-0.4, -0.2) is 48.8 Å². The molecule has 0 unspecified atom stereocenters. The molecule has 0 fully saturated rings. The van der Waals surface area contributed by atoms with Gasteiger partial charge in [-0.25, -0.2) is 13.2 Å². The third-order valence-electron chi connectivity index (χ3n) is 3.64. The van der Waals surface area contributed by atoms with E-state index in [-0.39, 0.29) is 36.1 Å². The zero-order chi connectivity index (χ0) is 17.6. The quantitative estimate of drug-likeness (QED) is 0.192. The summed E-state index contributed by atoms with van der Waals surface area (Å²) in [6.07, 6.45) is 10.4. The molecule has 0 aromatic rings. The molecule has 0 aromatic carbocycles. The number of carbonyl (C=O) groups is 1. The van der Waals surface area contributed by atoms with Crippen LogP contribution in [0.5, 0.6) is 0 Å². The molecular weight excluding hydrogens is 345 g/mol. The molecule has 0 aliphatic heterocycles. The molecule has 0 saturated heterocycles. The molecule has 0 atom stereocenters. The molecule has 0 radical (unpaired) electrons. The SMILES string of the molecule is CCCCCCCCCCCCN(CCOS(=O)(=O)[O-])C(=O)O.[Na+]. The first-order chi connectivity index (χ1) is 10.9. The third kappa shape index (κ3) is 18.5. The van der Waals surface area contributed by atoms with Crippen LogP contribution in [0.1, 0.15) is 71.1 Å². The Bertz CT molecular complexity index is 405. The Hall–Kier alpha value is 0.140. The number of hydrogen-bond donors (Lipinski definition) is 1. The zero-order valence-electron chi connectivity index (χ0n) is 15.0. The second-order valence-electron chi connectivity index (χ2n) is 5.68. The maximum atomic E-state index is 11.0. The molecule has 1 amide bonds. The summed E-state index contributed by atoms with van der Waals surface area (Å²) in [4.78, 5) is 12.1. The Morgan fingerprint density at radius 1 is 0.958 bits per heavy atom. The van der Waals surface area contributed by atoms with Crippen LogP contribution in [0.2, 0.25) is 0 Å². The molecule has 1 N–H and O–H groups in total. The molecule has 0 saturated carbocycles. The Morgan fingerprint density at radius 2 is 1.42 bits per heavy atom. The van der Waals surface area contributed by atoms with E-state index < -0.39 is 23.1 Å². The van der Waals surface area contributed by atoms with Crippen molar-refractivity contribution in [3.8, 4) is 0 Å². The number of carboxylic acid groups (broad SMARTS) is 1. The minimum absolute atomic E-state index is 0. The molecule has 0 heterocycles. The summed E-state index contributed by atoms with van der Waals surface area (Å²) in [5, 5.41) is 8.99. The summed E-state index contributed by atoms with van der Waals surface area (Å²) in [7, 11) is -4.76. The first-order valence-electron chi connectivity index (χ1n) is 8.45. The van der Waals surface area contributed by atoms with Gasteiger partial charge in [-0.15, -0.1) is 0 Å². The van der Waals surface area contributed by atoms with E-state index >= 15 is 0 Å². The van der Waals surface area contributed by atoms with Gasteiger partial charge >= 0.3 is 35.7 Å². The van der Waals surface area contributed by atoms with Crippen molar-refractivity contribution < 1.29 is 56.6 Å². The molecule has 7 nitrogen and oxygen atoms in total. The van der Waals surface area contributed by atoms with Gasteiger partial charge in [0.05, 0.1) is 6.61 Å². The molecule has 0 aliphatic carbocycles. The number of unbranched alkanes of at least 4 members (excludes halogenated alkanes) is 9. The van der Waals surface area contributed by atoms with Crippen LogP contribution in [0.25, 0.3) is 0 Å². The van der Waals surface area contributed by atoms with Gasteiger partial charge in [0.25, 0.3) is 0 Å². The van der Waals surface area contributed by atoms with Crippen molar-refractivity contribution in [2.75, 3.05) is 19.7 Å². The van der Waals surface area contributed by atoms with E-state index in [0.29, 0.717) is 6.54 Å². The summed E-state index contributed by atoms with van der Waals surface area (Å²) >= 11 is 0. The van der Waals surface area contributed by atoms with E-state index in [9.17, 15) is 17.8 Å². The summed E-state index contributed by atoms with van der Waals surface area (Å²) in [5.41, 5.74) is 0. The minimum atomic E-state index is -4.76. The summed E-state index contributed by atoms with van der Waals surface area (Å²) in [5.74, 6) is 0. The topological polar surface area (TPSA) is 107 Å². The van der Waals surface area contributed by atoms with Crippen molar-refractivity contribution in [3.63, 3.8) is 0 Å². The van der Waals surface area contributed by atoms with Crippen LogP contribution < -0.4 is 29.6 Å². The predicted molar refractivity (Wildman–Crippen MR) is 87.1 cm³/mol. The average molecular weight is 375 g/mol. The van der Waals surface area contributed by atoms with Crippen molar-refractivity contribution in [2.45, 2.75) is 71.1 Å². The smallest absolute Gasteiger partial charge is 0.726 e. The van der Waals surface area contributed by atoms with Crippen LogP contribution in [0, 0.1) is 0 Å². The van der Waals surface area contributed by atoms with Crippen molar-refractivity contribution in [1.82, 2.24) is 4.90 Å². The van der Waals surface area contributed by atoms with Crippen LogP contribution in [0.3, 0.4) is 0 Å². The van der Waals surface area contributed by atoms with Gasteiger partial charge < -0.3 is 14.6 Å².